The first-order valence-electron chi connectivity index (χ1n) is 6.46. The number of esters is 1. The number of hydrogen-bond donors (Lipinski definition) is 2. The quantitative estimate of drug-likeness (QED) is 0.539. The smallest absolute Gasteiger partial charge is 0.323 e. The first kappa shape index (κ1) is 17.2. The van der Waals surface area contributed by atoms with Gasteiger partial charge in [-0.3, -0.25) is 4.79 Å². The Labute approximate surface area is 125 Å². The second kappa shape index (κ2) is 10.00. The van der Waals surface area contributed by atoms with Crippen molar-refractivity contribution in [1.29, 1.82) is 0 Å². The third-order valence-electron chi connectivity index (χ3n) is 2.20. The van der Waals surface area contributed by atoms with Crippen molar-refractivity contribution in [1.82, 2.24) is 5.09 Å². The second-order valence-corrected chi connectivity index (χ2v) is 7.28. The molecule has 0 aliphatic rings. The van der Waals surface area contributed by atoms with E-state index in [1.54, 1.807) is 25.2 Å². The number of carbonyl (C=O) groups excluding carboxylic acids is 1. The lowest BCUT2D eigenvalue weighted by Gasteiger charge is -2.21. The van der Waals surface area contributed by atoms with E-state index in [2.05, 4.69) is 5.09 Å². The highest BCUT2D eigenvalue weighted by atomic mass is 32.7. The number of ether oxygens (including phenoxy) is 1. The fourth-order valence-electron chi connectivity index (χ4n) is 1.28. The molecule has 0 spiro atoms. The molecule has 0 bridgehead atoms. The van der Waals surface area contributed by atoms with Gasteiger partial charge in [0.25, 0.3) is 0 Å². The van der Waals surface area contributed by atoms with Crippen molar-refractivity contribution in [3.8, 4) is 5.75 Å². The van der Waals surface area contributed by atoms with Crippen LogP contribution in [0, 0.1) is 0 Å². The van der Waals surface area contributed by atoms with Crippen molar-refractivity contribution in [2.75, 3.05) is 18.9 Å². The molecule has 0 aliphatic heterocycles. The molecule has 3 N–H and O–H groups in total. The van der Waals surface area contributed by atoms with Crippen LogP contribution in [0.15, 0.2) is 30.3 Å². The number of nitrogens with two attached hydrogens (primary N) is 1. The summed E-state index contributed by atoms with van der Waals surface area (Å²) in [6.45, 7) is 4.50. The van der Waals surface area contributed by atoms with E-state index in [1.165, 1.54) is 0 Å². The van der Waals surface area contributed by atoms with Crippen LogP contribution in [0.1, 0.15) is 13.8 Å². The Morgan fingerprint density at radius 3 is 2.75 bits per heavy atom. The Bertz CT molecular complexity index is 394. The van der Waals surface area contributed by atoms with Crippen LogP contribution in [-0.4, -0.2) is 30.9 Å². The summed E-state index contributed by atoms with van der Waals surface area (Å²) in [6.07, 6.45) is 0. The fourth-order valence-corrected chi connectivity index (χ4v) is 4.39. The highest BCUT2D eigenvalue weighted by Gasteiger charge is 2.21. The number of hydrogen-bond acceptors (Lipinski definition) is 6. The van der Waals surface area contributed by atoms with Gasteiger partial charge in [0.2, 0.25) is 7.50 Å². The molecule has 2 atom stereocenters. The van der Waals surface area contributed by atoms with Gasteiger partial charge in [0.1, 0.15) is 11.8 Å². The van der Waals surface area contributed by atoms with Gasteiger partial charge in [-0.25, -0.2) is 5.09 Å². The molecule has 7 heteroatoms. The Morgan fingerprint density at radius 1 is 1.45 bits per heavy atom. The van der Waals surface area contributed by atoms with Gasteiger partial charge < -0.3 is 15.0 Å². The lowest BCUT2D eigenvalue weighted by Crippen LogP contribution is -2.32. The van der Waals surface area contributed by atoms with Crippen LogP contribution in [0.4, 0.5) is 0 Å². The average Bonchev–Trinajstić information content (AvgIpc) is 2.46. The first-order valence-corrected chi connectivity index (χ1v) is 9.31. The summed E-state index contributed by atoms with van der Waals surface area (Å²) in [7, 11) is -1.04. The van der Waals surface area contributed by atoms with Crippen LogP contribution in [-0.2, 0) is 9.53 Å². The summed E-state index contributed by atoms with van der Waals surface area (Å²) in [4.78, 5) is 11.6. The third-order valence-corrected chi connectivity index (χ3v) is 5.62. The van der Waals surface area contributed by atoms with Gasteiger partial charge in [0.05, 0.1) is 6.61 Å². The van der Waals surface area contributed by atoms with Crippen LogP contribution in [0.5, 0.6) is 5.75 Å². The van der Waals surface area contributed by atoms with Crippen LogP contribution in [0.3, 0.4) is 0 Å². The monoisotopic (exact) mass is 316 g/mol. The minimum atomic E-state index is -1.04. The summed E-state index contributed by atoms with van der Waals surface area (Å²) in [5, 5.41) is 3.16. The summed E-state index contributed by atoms with van der Waals surface area (Å²) in [5.74, 6) is 1.26. The summed E-state index contributed by atoms with van der Waals surface area (Å²) >= 11 is 1.58. The predicted octanol–water partition coefficient (Wildman–Crippen LogP) is 2.53. The normalized spacial score (nSPS) is 13.6. The highest BCUT2D eigenvalue weighted by molar-refractivity contribution is 8.53. The van der Waals surface area contributed by atoms with Crippen molar-refractivity contribution in [3.05, 3.63) is 30.3 Å². The number of benzene rings is 1. The molecule has 20 heavy (non-hydrogen) atoms. The standard InChI is InChI=1S/C13H21N2O3PS/c1-3-17-13(16)11(2)15-19(20-10-9-14)18-12-7-5-4-6-8-12/h4-8,11,15H,3,9-10,14H2,1-2H3/t11-,19?/m0/s1. The molecule has 0 aliphatic carbocycles. The lowest BCUT2D eigenvalue weighted by molar-refractivity contribution is -0.144. The van der Waals surface area contributed by atoms with Crippen LogP contribution >= 0.6 is 18.9 Å². The van der Waals surface area contributed by atoms with E-state index in [0.717, 1.165) is 11.5 Å². The number of nitrogens with one attached hydrogen (secondary N) is 1. The van der Waals surface area contributed by atoms with E-state index in [0.29, 0.717) is 13.2 Å². The van der Waals surface area contributed by atoms with Gasteiger partial charge >= 0.3 is 5.97 Å². The maximum Gasteiger partial charge on any atom is 0.323 e. The molecule has 1 aromatic rings. The minimum absolute atomic E-state index is 0.273. The zero-order chi connectivity index (χ0) is 14.8. The molecule has 0 heterocycles. The number of rotatable bonds is 9. The molecule has 0 aromatic heterocycles. The molecule has 0 amide bonds. The molecular weight excluding hydrogens is 295 g/mol. The molecule has 5 nitrogen and oxygen atoms in total. The van der Waals surface area contributed by atoms with Gasteiger partial charge in [0.15, 0.2) is 0 Å². The van der Waals surface area contributed by atoms with Gasteiger partial charge in [0, 0.05) is 12.3 Å². The third kappa shape index (κ3) is 6.57. The van der Waals surface area contributed by atoms with Crippen molar-refractivity contribution in [2.24, 2.45) is 5.73 Å². The number of para-hydroxylation sites is 1. The van der Waals surface area contributed by atoms with Crippen LogP contribution < -0.4 is 15.3 Å². The van der Waals surface area contributed by atoms with E-state index in [-0.39, 0.29) is 5.97 Å². The summed E-state index contributed by atoms with van der Waals surface area (Å²) in [5.41, 5.74) is 5.52. The zero-order valence-electron chi connectivity index (χ0n) is 11.7. The summed E-state index contributed by atoms with van der Waals surface area (Å²) < 4.78 is 10.8. The molecular formula is C13H21N2O3PS. The molecule has 1 aromatic carbocycles. The van der Waals surface area contributed by atoms with E-state index in [1.807, 2.05) is 30.3 Å². The minimum Gasteiger partial charge on any atom is -0.465 e. The molecule has 1 rings (SSSR count). The van der Waals surface area contributed by atoms with Crippen LogP contribution in [0.2, 0.25) is 0 Å². The Morgan fingerprint density at radius 2 is 2.15 bits per heavy atom. The van der Waals surface area contributed by atoms with Gasteiger partial charge in [-0.15, -0.1) is 0 Å². The zero-order valence-corrected chi connectivity index (χ0v) is 13.5. The highest BCUT2D eigenvalue weighted by Crippen LogP contribution is 2.47. The molecule has 0 saturated carbocycles. The number of carbonyl (C=O) groups is 1. The second-order valence-electron chi connectivity index (χ2n) is 3.89. The maximum absolute atomic E-state index is 11.6. The van der Waals surface area contributed by atoms with Crippen molar-refractivity contribution < 1.29 is 14.1 Å². The van der Waals surface area contributed by atoms with Crippen molar-refractivity contribution >= 4 is 24.9 Å². The largest absolute Gasteiger partial charge is 0.465 e. The molecule has 1 unspecified atom stereocenters. The first-order chi connectivity index (χ1) is 9.67. The van der Waals surface area contributed by atoms with E-state index < -0.39 is 13.5 Å². The van der Waals surface area contributed by atoms with Gasteiger partial charge in [-0.2, -0.15) is 0 Å². The molecule has 0 fully saturated rings. The topological polar surface area (TPSA) is 73.6 Å². The average molecular weight is 316 g/mol. The maximum atomic E-state index is 11.6. The molecule has 0 radical (unpaired) electrons. The van der Waals surface area contributed by atoms with Crippen molar-refractivity contribution in [2.45, 2.75) is 19.9 Å². The van der Waals surface area contributed by atoms with Crippen LogP contribution in [0.25, 0.3) is 0 Å². The lowest BCUT2D eigenvalue weighted by atomic mass is 10.3. The Kier molecular flexibility index (Phi) is 8.62. The predicted molar refractivity (Wildman–Crippen MR) is 84.7 cm³/mol. The Hall–Kier alpha value is -0.810. The summed E-state index contributed by atoms with van der Waals surface area (Å²) in [6, 6.07) is 9.10. The van der Waals surface area contributed by atoms with Gasteiger partial charge in [-0.05, 0) is 26.0 Å². The van der Waals surface area contributed by atoms with E-state index in [9.17, 15) is 4.79 Å². The molecule has 112 valence electrons. The Balaban J connectivity index is 2.57. The van der Waals surface area contributed by atoms with Crippen molar-refractivity contribution in [3.63, 3.8) is 0 Å². The van der Waals surface area contributed by atoms with Gasteiger partial charge in [-0.1, -0.05) is 29.6 Å². The molecule has 0 saturated heterocycles. The van der Waals surface area contributed by atoms with E-state index >= 15 is 0 Å². The van der Waals surface area contributed by atoms with E-state index in [4.69, 9.17) is 15.0 Å². The fraction of sp³-hybridized carbons (Fsp3) is 0.462. The SMILES string of the molecule is CCOC(=O)[C@H](C)NP(Oc1ccccc1)SCCN.